The molecule has 2 amide bonds. The van der Waals surface area contributed by atoms with Gasteiger partial charge in [0.1, 0.15) is 16.2 Å². The number of carbonyl (C=O) groups excluding carboxylic acids is 2. The molecule has 0 N–H and O–H groups in total. The van der Waals surface area contributed by atoms with Gasteiger partial charge in [-0.15, -0.1) is 11.3 Å². The summed E-state index contributed by atoms with van der Waals surface area (Å²) in [6, 6.07) is 5.78. The van der Waals surface area contributed by atoms with Gasteiger partial charge in [-0.1, -0.05) is 6.07 Å². The number of halogens is 1. The molecule has 0 bridgehead atoms. The Morgan fingerprint density at radius 3 is 2.59 bits per heavy atom. The van der Waals surface area contributed by atoms with Crippen LogP contribution in [0.15, 0.2) is 36.7 Å². The highest BCUT2D eigenvalue weighted by Crippen LogP contribution is 2.39. The van der Waals surface area contributed by atoms with Crippen LogP contribution >= 0.6 is 11.3 Å². The van der Waals surface area contributed by atoms with Crippen molar-refractivity contribution in [2.45, 2.75) is 18.8 Å². The summed E-state index contributed by atoms with van der Waals surface area (Å²) >= 11 is 1.37. The summed E-state index contributed by atoms with van der Waals surface area (Å²) in [6.07, 6.45) is 4.71. The molecule has 3 heterocycles. The molecule has 0 spiro atoms. The molecule has 0 atom stereocenters. The Bertz CT molecular complexity index is 1070. The van der Waals surface area contributed by atoms with Gasteiger partial charge in [-0.3, -0.25) is 14.6 Å². The van der Waals surface area contributed by atoms with E-state index in [4.69, 9.17) is 0 Å². The zero-order valence-corrected chi connectivity index (χ0v) is 17.1. The molecule has 0 radical (unpaired) electrons. The molecule has 6 nitrogen and oxygen atoms in total. The van der Waals surface area contributed by atoms with Crippen LogP contribution in [0.1, 0.15) is 44.4 Å². The first-order valence-electron chi connectivity index (χ1n) is 9.45. The third-order valence-electron chi connectivity index (χ3n) is 5.23. The minimum Gasteiger partial charge on any atom is -0.344 e. The molecule has 0 saturated carbocycles. The molecular weight excluding hydrogens is 391 g/mol. The van der Waals surface area contributed by atoms with Crippen LogP contribution in [0.4, 0.5) is 4.39 Å². The second kappa shape index (κ2) is 7.87. The number of thiophene rings is 1. The Morgan fingerprint density at radius 1 is 1.17 bits per heavy atom. The van der Waals surface area contributed by atoms with E-state index in [2.05, 4.69) is 9.97 Å². The Labute approximate surface area is 172 Å². The highest BCUT2D eigenvalue weighted by atomic mass is 32.1. The predicted octanol–water partition coefficient (Wildman–Crippen LogP) is 3.55. The second-order valence-corrected chi connectivity index (χ2v) is 8.33. The lowest BCUT2D eigenvalue weighted by molar-refractivity contribution is 0.0710. The molecule has 0 aliphatic carbocycles. The Hall–Kier alpha value is -2.87. The van der Waals surface area contributed by atoms with E-state index in [0.29, 0.717) is 23.5 Å². The van der Waals surface area contributed by atoms with E-state index in [1.165, 1.54) is 23.5 Å². The number of aromatic nitrogens is 2. The fourth-order valence-electron chi connectivity index (χ4n) is 3.76. The van der Waals surface area contributed by atoms with Gasteiger partial charge < -0.3 is 9.80 Å². The van der Waals surface area contributed by atoms with E-state index >= 15 is 0 Å². The van der Waals surface area contributed by atoms with Crippen molar-refractivity contribution in [1.82, 2.24) is 19.8 Å². The first-order valence-corrected chi connectivity index (χ1v) is 10.3. The van der Waals surface area contributed by atoms with E-state index in [-0.39, 0.29) is 17.7 Å². The SMILES string of the molecule is CN(C)C(=O)c1sc2nccnc2c1C1CCN(C(=O)c2cccc(F)c2)CC1. The molecule has 2 aromatic heterocycles. The van der Waals surface area contributed by atoms with Gasteiger partial charge in [-0.2, -0.15) is 0 Å². The van der Waals surface area contributed by atoms with Crippen LogP contribution in [0, 0.1) is 5.82 Å². The number of amides is 2. The summed E-state index contributed by atoms with van der Waals surface area (Å²) in [5.41, 5.74) is 2.08. The number of carbonyl (C=O) groups is 2. The van der Waals surface area contributed by atoms with E-state index in [9.17, 15) is 14.0 Å². The second-order valence-electron chi connectivity index (χ2n) is 7.33. The maximum absolute atomic E-state index is 13.5. The van der Waals surface area contributed by atoms with E-state index < -0.39 is 5.82 Å². The first kappa shape index (κ1) is 19.4. The van der Waals surface area contributed by atoms with Crippen molar-refractivity contribution in [2.24, 2.45) is 0 Å². The normalized spacial score (nSPS) is 14.9. The highest BCUT2D eigenvalue weighted by Gasteiger charge is 2.31. The molecule has 1 aliphatic heterocycles. The monoisotopic (exact) mass is 412 g/mol. The maximum atomic E-state index is 13.5. The number of nitrogens with zero attached hydrogens (tertiary/aromatic N) is 4. The third kappa shape index (κ3) is 3.72. The standard InChI is InChI=1S/C21H21FN4O2S/c1-25(2)21(28)18-16(17-19(29-18)24-9-8-23-17)13-6-10-26(11-7-13)20(27)14-4-3-5-15(22)12-14/h3-5,8-9,12-13H,6-7,10-11H2,1-2H3. The molecule has 1 fully saturated rings. The lowest BCUT2D eigenvalue weighted by Crippen LogP contribution is -2.38. The largest absolute Gasteiger partial charge is 0.344 e. The van der Waals surface area contributed by atoms with Crippen molar-refractivity contribution >= 4 is 33.5 Å². The van der Waals surface area contributed by atoms with Crippen molar-refractivity contribution in [3.05, 3.63) is 58.5 Å². The number of fused-ring (bicyclic) bond motifs is 1. The topological polar surface area (TPSA) is 66.4 Å². The zero-order chi connectivity index (χ0) is 20.5. The summed E-state index contributed by atoms with van der Waals surface area (Å²) in [5.74, 6) is -0.512. The van der Waals surface area contributed by atoms with Gasteiger partial charge in [-0.05, 0) is 37.0 Å². The smallest absolute Gasteiger partial charge is 0.263 e. The Morgan fingerprint density at radius 2 is 1.90 bits per heavy atom. The van der Waals surface area contributed by atoms with Gasteiger partial charge in [0.15, 0.2) is 0 Å². The van der Waals surface area contributed by atoms with Crippen LogP contribution in [0.3, 0.4) is 0 Å². The molecule has 1 saturated heterocycles. The van der Waals surface area contributed by atoms with Crippen LogP contribution in [0.2, 0.25) is 0 Å². The van der Waals surface area contributed by atoms with Crippen LogP contribution in [0.25, 0.3) is 10.3 Å². The molecule has 8 heteroatoms. The summed E-state index contributed by atoms with van der Waals surface area (Å²) in [4.78, 5) is 39.1. The Balaban J connectivity index is 1.58. The van der Waals surface area contributed by atoms with Gasteiger partial charge in [0.2, 0.25) is 0 Å². The van der Waals surface area contributed by atoms with E-state index in [1.54, 1.807) is 48.4 Å². The predicted molar refractivity (Wildman–Crippen MR) is 110 cm³/mol. The number of piperidine rings is 1. The quantitative estimate of drug-likeness (QED) is 0.660. The minimum atomic E-state index is -0.416. The van der Waals surface area contributed by atoms with Crippen LogP contribution in [-0.4, -0.2) is 58.8 Å². The van der Waals surface area contributed by atoms with Gasteiger partial charge >= 0.3 is 0 Å². The number of hydrogen-bond donors (Lipinski definition) is 0. The number of hydrogen-bond acceptors (Lipinski definition) is 5. The van der Waals surface area contributed by atoms with Crippen molar-refractivity contribution in [3.8, 4) is 0 Å². The molecule has 150 valence electrons. The molecule has 3 aromatic rings. The van der Waals surface area contributed by atoms with Crippen LogP contribution in [0.5, 0.6) is 0 Å². The molecule has 0 unspecified atom stereocenters. The molecule has 1 aromatic carbocycles. The zero-order valence-electron chi connectivity index (χ0n) is 16.3. The minimum absolute atomic E-state index is 0.0527. The fraction of sp³-hybridized carbons (Fsp3) is 0.333. The molecule has 1 aliphatic rings. The van der Waals surface area contributed by atoms with Gasteiger partial charge in [0.05, 0.1) is 4.88 Å². The lowest BCUT2D eigenvalue weighted by atomic mass is 9.88. The molecule has 29 heavy (non-hydrogen) atoms. The third-order valence-corrected chi connectivity index (χ3v) is 6.32. The Kier molecular flexibility index (Phi) is 5.27. The summed E-state index contributed by atoms with van der Waals surface area (Å²) < 4.78 is 13.5. The summed E-state index contributed by atoms with van der Waals surface area (Å²) in [5, 5.41) is 0. The number of rotatable bonds is 3. The highest BCUT2D eigenvalue weighted by molar-refractivity contribution is 7.20. The average Bonchev–Trinajstić information content (AvgIpc) is 3.12. The lowest BCUT2D eigenvalue weighted by Gasteiger charge is -2.32. The van der Waals surface area contributed by atoms with Crippen molar-refractivity contribution in [2.75, 3.05) is 27.2 Å². The number of likely N-dealkylation sites (tertiary alicyclic amines) is 1. The van der Waals surface area contributed by atoms with Crippen LogP contribution in [-0.2, 0) is 0 Å². The summed E-state index contributed by atoms with van der Waals surface area (Å²) in [7, 11) is 3.47. The van der Waals surface area contributed by atoms with Gasteiger partial charge in [0, 0.05) is 50.7 Å². The van der Waals surface area contributed by atoms with E-state index in [1.807, 2.05) is 0 Å². The number of benzene rings is 1. The maximum Gasteiger partial charge on any atom is 0.263 e. The summed E-state index contributed by atoms with van der Waals surface area (Å²) in [6.45, 7) is 1.10. The van der Waals surface area contributed by atoms with E-state index in [0.717, 1.165) is 28.8 Å². The van der Waals surface area contributed by atoms with Crippen molar-refractivity contribution in [3.63, 3.8) is 0 Å². The fourth-order valence-corrected chi connectivity index (χ4v) is 4.97. The van der Waals surface area contributed by atoms with Crippen molar-refractivity contribution < 1.29 is 14.0 Å². The van der Waals surface area contributed by atoms with Crippen LogP contribution < -0.4 is 0 Å². The molecule has 4 rings (SSSR count). The molecular formula is C21H21FN4O2S. The van der Waals surface area contributed by atoms with Crippen molar-refractivity contribution in [1.29, 1.82) is 0 Å². The van der Waals surface area contributed by atoms with Gasteiger partial charge in [-0.25, -0.2) is 9.37 Å². The van der Waals surface area contributed by atoms with Gasteiger partial charge in [0.25, 0.3) is 11.8 Å². The average molecular weight is 412 g/mol. The first-order chi connectivity index (χ1) is 14.0.